The molecular weight excluding hydrogens is 258 g/mol. The van der Waals surface area contributed by atoms with Gasteiger partial charge in [0, 0.05) is 23.5 Å². The van der Waals surface area contributed by atoms with Crippen molar-refractivity contribution in [2.45, 2.75) is 53.2 Å². The van der Waals surface area contributed by atoms with Gasteiger partial charge in [0.25, 0.3) is 0 Å². The number of rotatable bonds is 2. The third kappa shape index (κ3) is 2.77. The Morgan fingerprint density at radius 1 is 1.19 bits per heavy atom. The van der Waals surface area contributed by atoms with Crippen molar-refractivity contribution in [2.24, 2.45) is 5.41 Å². The average Bonchev–Trinajstić information content (AvgIpc) is 2.69. The molecule has 1 N–H and O–H groups in total. The number of aromatic nitrogens is 1. The third-order valence-corrected chi connectivity index (χ3v) is 4.66. The van der Waals surface area contributed by atoms with Gasteiger partial charge >= 0.3 is 0 Å². The van der Waals surface area contributed by atoms with E-state index < -0.39 is 0 Å². The molecule has 0 radical (unpaired) electrons. The van der Waals surface area contributed by atoms with E-state index in [1.807, 2.05) is 0 Å². The van der Waals surface area contributed by atoms with Crippen LogP contribution in [0, 0.1) is 19.3 Å². The van der Waals surface area contributed by atoms with Gasteiger partial charge in [-0.05, 0) is 43.7 Å². The van der Waals surface area contributed by atoms with Crippen LogP contribution < -0.4 is 0 Å². The third-order valence-electron chi connectivity index (χ3n) is 4.66. The topological polar surface area (TPSA) is 25.2 Å². The zero-order valence-electron chi connectivity index (χ0n) is 13.5. The molecule has 21 heavy (non-hydrogen) atoms. The molecule has 1 heterocycles. The van der Waals surface area contributed by atoms with Crippen LogP contribution in [0.4, 0.5) is 0 Å². The van der Waals surface area contributed by atoms with Crippen molar-refractivity contribution < 1.29 is 5.11 Å². The molecule has 1 unspecified atom stereocenters. The lowest BCUT2D eigenvalue weighted by molar-refractivity contribution is 0.0981. The molecule has 2 heteroatoms. The highest BCUT2D eigenvalue weighted by Gasteiger charge is 2.33. The zero-order valence-corrected chi connectivity index (χ0v) is 13.5. The second-order valence-electron chi connectivity index (χ2n) is 7.32. The number of fused-ring (bicyclic) bond motifs is 1. The van der Waals surface area contributed by atoms with Gasteiger partial charge in [-0.3, -0.25) is 0 Å². The molecule has 0 aliphatic heterocycles. The molecule has 2 aromatic rings. The summed E-state index contributed by atoms with van der Waals surface area (Å²) in [6, 6.07) is 10.9. The lowest BCUT2D eigenvalue weighted by atomic mass is 9.75. The van der Waals surface area contributed by atoms with Crippen LogP contribution in [0.1, 0.15) is 54.5 Å². The molecule has 1 aromatic heterocycles. The number of aryl methyl sites for hydroxylation is 2. The first kappa shape index (κ1) is 14.4. The smallest absolute Gasteiger partial charge is 0.0812 e. The van der Waals surface area contributed by atoms with E-state index in [1.54, 1.807) is 0 Å². The summed E-state index contributed by atoms with van der Waals surface area (Å²) in [7, 11) is 0. The van der Waals surface area contributed by atoms with E-state index >= 15 is 0 Å². The first-order valence-electron chi connectivity index (χ1n) is 7.78. The Labute approximate surface area is 127 Å². The van der Waals surface area contributed by atoms with Gasteiger partial charge < -0.3 is 9.67 Å². The Morgan fingerprint density at radius 2 is 1.86 bits per heavy atom. The van der Waals surface area contributed by atoms with Crippen molar-refractivity contribution in [1.29, 1.82) is 0 Å². The second kappa shape index (κ2) is 5.03. The number of nitrogens with zero attached hydrogens (tertiary/aromatic N) is 1. The normalized spacial score (nSPS) is 20.3. The van der Waals surface area contributed by atoms with Crippen LogP contribution in [0.5, 0.6) is 0 Å². The maximum Gasteiger partial charge on any atom is 0.0812 e. The van der Waals surface area contributed by atoms with E-state index in [9.17, 15) is 5.11 Å². The van der Waals surface area contributed by atoms with Crippen molar-refractivity contribution in [3.8, 4) is 0 Å². The SMILES string of the molecule is Cc1ccc(Cn2c(C)cc3c2CC(C)(C)CC3O)cc1. The number of hydrogen-bond acceptors (Lipinski definition) is 1. The molecular formula is C19H25NO. The summed E-state index contributed by atoms with van der Waals surface area (Å²) in [5.41, 5.74) is 6.48. The van der Waals surface area contributed by atoms with Gasteiger partial charge in [0.15, 0.2) is 0 Å². The van der Waals surface area contributed by atoms with Gasteiger partial charge in [0.05, 0.1) is 6.10 Å². The standard InChI is InChI=1S/C19H25NO/c1-13-5-7-15(8-6-13)12-20-14(2)9-16-17(20)10-19(3,4)11-18(16)21/h5-9,18,21H,10-12H2,1-4H3. The molecule has 0 saturated carbocycles. The number of aliphatic hydroxyl groups excluding tert-OH is 1. The van der Waals surface area contributed by atoms with E-state index in [1.165, 1.54) is 22.5 Å². The van der Waals surface area contributed by atoms with E-state index in [0.29, 0.717) is 0 Å². The predicted molar refractivity (Wildman–Crippen MR) is 86.5 cm³/mol. The average molecular weight is 283 g/mol. The molecule has 2 nitrogen and oxygen atoms in total. The van der Waals surface area contributed by atoms with Crippen LogP contribution >= 0.6 is 0 Å². The summed E-state index contributed by atoms with van der Waals surface area (Å²) in [5, 5.41) is 10.4. The fourth-order valence-corrected chi connectivity index (χ4v) is 3.50. The summed E-state index contributed by atoms with van der Waals surface area (Å²) < 4.78 is 2.38. The van der Waals surface area contributed by atoms with Gasteiger partial charge in [0.2, 0.25) is 0 Å². The summed E-state index contributed by atoms with van der Waals surface area (Å²) >= 11 is 0. The first-order valence-corrected chi connectivity index (χ1v) is 7.78. The van der Waals surface area contributed by atoms with Crippen LogP contribution in [0.15, 0.2) is 30.3 Å². The van der Waals surface area contributed by atoms with Crippen LogP contribution in [0.25, 0.3) is 0 Å². The number of aliphatic hydroxyl groups is 1. The molecule has 1 aliphatic carbocycles. The Hall–Kier alpha value is -1.54. The molecule has 112 valence electrons. The Morgan fingerprint density at radius 3 is 2.52 bits per heavy atom. The van der Waals surface area contributed by atoms with Gasteiger partial charge in [0.1, 0.15) is 0 Å². The molecule has 1 aromatic carbocycles. The highest BCUT2D eigenvalue weighted by Crippen LogP contribution is 2.42. The molecule has 0 amide bonds. The Balaban J connectivity index is 1.98. The van der Waals surface area contributed by atoms with Crippen LogP contribution in [-0.2, 0) is 13.0 Å². The first-order chi connectivity index (χ1) is 9.85. The van der Waals surface area contributed by atoms with Crippen LogP contribution in [0.3, 0.4) is 0 Å². The van der Waals surface area contributed by atoms with Gasteiger partial charge in [-0.2, -0.15) is 0 Å². The Bertz CT molecular complexity index is 649. The minimum atomic E-state index is -0.318. The fourth-order valence-electron chi connectivity index (χ4n) is 3.50. The molecule has 3 rings (SSSR count). The molecule has 0 fully saturated rings. The summed E-state index contributed by atoms with van der Waals surface area (Å²) in [6.07, 6.45) is 1.58. The maximum absolute atomic E-state index is 10.4. The minimum Gasteiger partial charge on any atom is -0.388 e. The maximum atomic E-state index is 10.4. The predicted octanol–water partition coefficient (Wildman–Crippen LogP) is 4.16. The summed E-state index contributed by atoms with van der Waals surface area (Å²) in [4.78, 5) is 0. The number of benzene rings is 1. The van der Waals surface area contributed by atoms with Crippen molar-refractivity contribution in [2.75, 3.05) is 0 Å². The molecule has 0 bridgehead atoms. The highest BCUT2D eigenvalue weighted by molar-refractivity contribution is 5.34. The molecule has 0 spiro atoms. The quantitative estimate of drug-likeness (QED) is 0.879. The summed E-state index contributed by atoms with van der Waals surface area (Å²) in [6.45, 7) is 9.65. The monoisotopic (exact) mass is 283 g/mol. The van der Waals surface area contributed by atoms with Crippen molar-refractivity contribution in [1.82, 2.24) is 4.57 Å². The van der Waals surface area contributed by atoms with Crippen molar-refractivity contribution in [3.63, 3.8) is 0 Å². The van der Waals surface area contributed by atoms with E-state index in [-0.39, 0.29) is 11.5 Å². The van der Waals surface area contributed by atoms with E-state index in [4.69, 9.17) is 0 Å². The summed E-state index contributed by atoms with van der Waals surface area (Å²) in [5.74, 6) is 0. The highest BCUT2D eigenvalue weighted by atomic mass is 16.3. The van der Waals surface area contributed by atoms with Gasteiger partial charge in [-0.15, -0.1) is 0 Å². The van der Waals surface area contributed by atoms with Crippen molar-refractivity contribution in [3.05, 3.63) is 58.4 Å². The molecule has 0 saturated heterocycles. The van der Waals surface area contributed by atoms with Crippen LogP contribution in [-0.4, -0.2) is 9.67 Å². The van der Waals surface area contributed by atoms with E-state index in [2.05, 4.69) is 62.6 Å². The van der Waals surface area contributed by atoms with E-state index in [0.717, 1.165) is 24.9 Å². The van der Waals surface area contributed by atoms with Crippen molar-refractivity contribution >= 4 is 0 Å². The lowest BCUT2D eigenvalue weighted by Gasteiger charge is -2.34. The largest absolute Gasteiger partial charge is 0.388 e. The zero-order chi connectivity index (χ0) is 15.2. The Kier molecular flexibility index (Phi) is 3.45. The molecule has 1 atom stereocenters. The van der Waals surface area contributed by atoms with Gasteiger partial charge in [-0.25, -0.2) is 0 Å². The minimum absolute atomic E-state index is 0.169. The fraction of sp³-hybridized carbons (Fsp3) is 0.474. The molecule has 1 aliphatic rings. The van der Waals surface area contributed by atoms with Crippen LogP contribution in [0.2, 0.25) is 0 Å². The lowest BCUT2D eigenvalue weighted by Crippen LogP contribution is -2.27. The van der Waals surface area contributed by atoms with Gasteiger partial charge in [-0.1, -0.05) is 43.7 Å². The second-order valence-corrected chi connectivity index (χ2v) is 7.32. The number of hydrogen-bond donors (Lipinski definition) is 1.